The topological polar surface area (TPSA) is 29.5 Å². The molecule has 0 aliphatic heterocycles. The summed E-state index contributed by atoms with van der Waals surface area (Å²) in [7, 11) is 0. The summed E-state index contributed by atoms with van der Waals surface area (Å²) in [5, 5.41) is 9.23. The van der Waals surface area contributed by atoms with Crippen LogP contribution in [0.2, 0.25) is 0 Å². The molecule has 0 radical (unpaired) electrons. The van der Waals surface area contributed by atoms with Gasteiger partial charge in [-0.05, 0) is 12.8 Å². The average molecular weight is 188 g/mol. The highest BCUT2D eigenvalue weighted by molar-refractivity contribution is 4.43. The second-order valence-electron chi connectivity index (χ2n) is 3.53. The monoisotopic (exact) mass is 188 g/mol. The van der Waals surface area contributed by atoms with Crippen molar-refractivity contribution in [3.63, 3.8) is 0 Å². The van der Waals surface area contributed by atoms with Crippen molar-refractivity contribution in [3.05, 3.63) is 0 Å². The molecule has 1 N–H and O–H groups in total. The number of ether oxygens (including phenoxy) is 1. The molecule has 0 rings (SSSR count). The number of aliphatic hydroxyl groups is 1. The Balaban J connectivity index is 2.97. The molecule has 0 aliphatic rings. The smallest absolute Gasteiger partial charge is 0.154 e. The van der Waals surface area contributed by atoms with E-state index in [1.807, 2.05) is 6.92 Å². The molecule has 0 aliphatic carbocycles. The molecule has 2 nitrogen and oxygen atoms in total. The summed E-state index contributed by atoms with van der Waals surface area (Å²) in [6.07, 6.45) is 7.41. The molecule has 13 heavy (non-hydrogen) atoms. The fraction of sp³-hybridized carbons (Fsp3) is 1.00. The van der Waals surface area contributed by atoms with Gasteiger partial charge < -0.3 is 9.84 Å². The highest BCUT2D eigenvalue weighted by atomic mass is 16.6. The van der Waals surface area contributed by atoms with E-state index in [1.165, 1.54) is 25.7 Å². The van der Waals surface area contributed by atoms with Crippen LogP contribution in [0.15, 0.2) is 0 Å². The molecule has 0 bridgehead atoms. The second kappa shape index (κ2) is 10.0. The Morgan fingerprint density at radius 2 is 1.69 bits per heavy atom. The molecule has 0 aromatic rings. The number of aliphatic hydroxyl groups excluding tert-OH is 1. The molecule has 1 unspecified atom stereocenters. The van der Waals surface area contributed by atoms with Crippen molar-refractivity contribution in [1.29, 1.82) is 0 Å². The Kier molecular flexibility index (Phi) is 9.94. The lowest BCUT2D eigenvalue weighted by atomic mass is 10.2. The Morgan fingerprint density at radius 1 is 1.00 bits per heavy atom. The Hall–Kier alpha value is -0.0800. The summed E-state index contributed by atoms with van der Waals surface area (Å²) in [6, 6.07) is 0. The first-order valence-corrected chi connectivity index (χ1v) is 5.61. The minimum absolute atomic E-state index is 0.531. The van der Waals surface area contributed by atoms with Crippen LogP contribution in [0, 0.1) is 0 Å². The molecule has 0 spiro atoms. The quantitative estimate of drug-likeness (QED) is 0.445. The van der Waals surface area contributed by atoms with Crippen LogP contribution in [-0.2, 0) is 4.74 Å². The van der Waals surface area contributed by atoms with Crippen LogP contribution in [0.25, 0.3) is 0 Å². The van der Waals surface area contributed by atoms with Crippen molar-refractivity contribution >= 4 is 0 Å². The maximum absolute atomic E-state index is 9.23. The van der Waals surface area contributed by atoms with E-state index in [4.69, 9.17) is 4.74 Å². The van der Waals surface area contributed by atoms with E-state index in [9.17, 15) is 5.11 Å². The van der Waals surface area contributed by atoms with Crippen molar-refractivity contribution in [2.45, 2.75) is 65.1 Å². The number of unbranched alkanes of at least 4 members (excludes halogenated alkanes) is 4. The number of rotatable bonds is 9. The van der Waals surface area contributed by atoms with Gasteiger partial charge in [-0.3, -0.25) is 0 Å². The van der Waals surface area contributed by atoms with Gasteiger partial charge in [-0.1, -0.05) is 46.0 Å². The van der Waals surface area contributed by atoms with Crippen LogP contribution in [0.5, 0.6) is 0 Å². The Morgan fingerprint density at radius 3 is 2.31 bits per heavy atom. The first-order valence-electron chi connectivity index (χ1n) is 5.61. The highest BCUT2D eigenvalue weighted by Crippen LogP contribution is 2.04. The minimum atomic E-state index is -0.531. The van der Waals surface area contributed by atoms with Gasteiger partial charge in [0.2, 0.25) is 0 Å². The summed E-state index contributed by atoms with van der Waals surface area (Å²) in [4.78, 5) is 0. The minimum Gasteiger partial charge on any atom is -0.368 e. The van der Waals surface area contributed by atoms with Gasteiger partial charge in [0.15, 0.2) is 6.29 Å². The maximum atomic E-state index is 9.23. The standard InChI is InChI=1S/C11H24O2/c1-3-5-6-7-8-10-13-11(12)9-4-2/h11-12H,3-10H2,1-2H3. The molecule has 2 heteroatoms. The van der Waals surface area contributed by atoms with Gasteiger partial charge in [0.05, 0.1) is 0 Å². The molecule has 0 amide bonds. The second-order valence-corrected chi connectivity index (χ2v) is 3.53. The predicted octanol–water partition coefficient (Wildman–Crippen LogP) is 3.09. The van der Waals surface area contributed by atoms with E-state index in [2.05, 4.69) is 6.92 Å². The lowest BCUT2D eigenvalue weighted by molar-refractivity contribution is -0.104. The maximum Gasteiger partial charge on any atom is 0.154 e. The average Bonchev–Trinajstić information content (AvgIpc) is 2.11. The zero-order chi connectivity index (χ0) is 9.94. The third-order valence-corrected chi connectivity index (χ3v) is 2.09. The van der Waals surface area contributed by atoms with Gasteiger partial charge in [-0.15, -0.1) is 0 Å². The van der Waals surface area contributed by atoms with Gasteiger partial charge >= 0.3 is 0 Å². The van der Waals surface area contributed by atoms with Crippen LogP contribution < -0.4 is 0 Å². The fourth-order valence-electron chi connectivity index (χ4n) is 1.26. The summed E-state index contributed by atoms with van der Waals surface area (Å²) in [5.41, 5.74) is 0. The van der Waals surface area contributed by atoms with Crippen molar-refractivity contribution in [2.75, 3.05) is 6.61 Å². The van der Waals surface area contributed by atoms with Crippen molar-refractivity contribution in [3.8, 4) is 0 Å². The highest BCUT2D eigenvalue weighted by Gasteiger charge is 2.00. The van der Waals surface area contributed by atoms with Crippen molar-refractivity contribution in [1.82, 2.24) is 0 Å². The van der Waals surface area contributed by atoms with E-state index in [0.717, 1.165) is 19.3 Å². The summed E-state index contributed by atoms with van der Waals surface area (Å²) in [5.74, 6) is 0. The molecule has 1 atom stereocenters. The molecule has 80 valence electrons. The van der Waals surface area contributed by atoms with Crippen LogP contribution in [0.1, 0.15) is 58.8 Å². The molecule has 0 heterocycles. The summed E-state index contributed by atoms with van der Waals surface area (Å²) >= 11 is 0. The predicted molar refractivity (Wildman–Crippen MR) is 55.6 cm³/mol. The lowest BCUT2D eigenvalue weighted by Gasteiger charge is -2.10. The zero-order valence-electron chi connectivity index (χ0n) is 9.09. The zero-order valence-corrected chi connectivity index (χ0v) is 9.09. The Labute approximate surface area is 82.3 Å². The van der Waals surface area contributed by atoms with Gasteiger partial charge in [-0.25, -0.2) is 0 Å². The van der Waals surface area contributed by atoms with Crippen LogP contribution >= 0.6 is 0 Å². The molecular weight excluding hydrogens is 164 g/mol. The van der Waals surface area contributed by atoms with Crippen molar-refractivity contribution in [2.24, 2.45) is 0 Å². The fourth-order valence-corrected chi connectivity index (χ4v) is 1.26. The Bertz CT molecular complexity index is 94.1. The molecule has 0 aromatic carbocycles. The molecule has 0 aromatic heterocycles. The third kappa shape index (κ3) is 9.84. The van der Waals surface area contributed by atoms with E-state index in [-0.39, 0.29) is 0 Å². The van der Waals surface area contributed by atoms with E-state index in [0.29, 0.717) is 6.61 Å². The number of hydrogen-bond acceptors (Lipinski definition) is 2. The SMILES string of the molecule is CCCCCCCOC(O)CCC. The number of hydrogen-bond donors (Lipinski definition) is 1. The normalized spacial score (nSPS) is 13.2. The van der Waals surface area contributed by atoms with Crippen molar-refractivity contribution < 1.29 is 9.84 Å². The van der Waals surface area contributed by atoms with E-state index in [1.54, 1.807) is 0 Å². The van der Waals surface area contributed by atoms with Gasteiger partial charge in [0, 0.05) is 6.61 Å². The van der Waals surface area contributed by atoms with Crippen LogP contribution in [0.3, 0.4) is 0 Å². The summed E-state index contributed by atoms with van der Waals surface area (Å²) in [6.45, 7) is 4.97. The molecular formula is C11H24O2. The molecule has 0 saturated heterocycles. The van der Waals surface area contributed by atoms with E-state index >= 15 is 0 Å². The first kappa shape index (κ1) is 12.9. The van der Waals surface area contributed by atoms with Crippen LogP contribution in [0.4, 0.5) is 0 Å². The largest absolute Gasteiger partial charge is 0.368 e. The summed E-state index contributed by atoms with van der Waals surface area (Å²) < 4.78 is 5.22. The third-order valence-electron chi connectivity index (χ3n) is 2.09. The van der Waals surface area contributed by atoms with Gasteiger partial charge in [-0.2, -0.15) is 0 Å². The molecule has 0 fully saturated rings. The van der Waals surface area contributed by atoms with Gasteiger partial charge in [0.1, 0.15) is 0 Å². The van der Waals surface area contributed by atoms with Gasteiger partial charge in [0.25, 0.3) is 0 Å². The van der Waals surface area contributed by atoms with E-state index < -0.39 is 6.29 Å². The first-order chi connectivity index (χ1) is 6.31. The lowest BCUT2D eigenvalue weighted by Crippen LogP contribution is -2.11. The van der Waals surface area contributed by atoms with Crippen LogP contribution in [-0.4, -0.2) is 18.0 Å². The molecule has 0 saturated carbocycles.